The van der Waals surface area contributed by atoms with Crippen LogP contribution in [-0.4, -0.2) is 65.4 Å². The number of esters is 1. The van der Waals surface area contributed by atoms with E-state index in [0.29, 0.717) is 0 Å². The highest BCUT2D eigenvalue weighted by Crippen LogP contribution is 2.15. The summed E-state index contributed by atoms with van der Waals surface area (Å²) in [5.74, 6) is -1.74. The van der Waals surface area contributed by atoms with E-state index >= 15 is 0 Å². The van der Waals surface area contributed by atoms with Crippen molar-refractivity contribution in [2.75, 3.05) is 26.0 Å². The van der Waals surface area contributed by atoms with Crippen LogP contribution in [0.5, 0.6) is 0 Å². The van der Waals surface area contributed by atoms with Crippen LogP contribution in [0.25, 0.3) is 0 Å². The zero-order valence-electron chi connectivity index (χ0n) is 15.3. The number of amides is 2. The largest absolute Gasteiger partial charge is 0.458 e. The Morgan fingerprint density at radius 3 is 2.70 bits per heavy atom. The van der Waals surface area contributed by atoms with Gasteiger partial charge in [-0.05, 0) is 20.8 Å². The van der Waals surface area contributed by atoms with Gasteiger partial charge < -0.3 is 20.6 Å². The highest BCUT2D eigenvalue weighted by atomic mass is 32.1. The Balaban J connectivity index is 1.85. The maximum Gasteiger partial charge on any atom is 0.335 e. The highest BCUT2D eigenvalue weighted by Gasteiger charge is 2.40. The second kappa shape index (κ2) is 8.31. The number of nitrogens with two attached hydrogens (primary N) is 1. The number of nitrogens with one attached hydrogen (secondary N) is 1. The standard InChI is InChI=1S/C15H21N5O6S/c1-15(2,3)26-10(21)6-25-20-5-8(13(20)23)17-12(22)11(19-24-4)9-7-27-14(16)18-9/h7-8H,5-6H2,1-4H3,(H2,16,18)(H,17,22)/t8-/m0/s1. The molecule has 0 saturated carbocycles. The summed E-state index contributed by atoms with van der Waals surface area (Å²) in [5.41, 5.74) is 5.04. The van der Waals surface area contributed by atoms with Gasteiger partial charge in [0, 0.05) is 5.38 Å². The molecule has 1 fully saturated rings. The van der Waals surface area contributed by atoms with E-state index in [9.17, 15) is 14.4 Å². The molecule has 1 aromatic heterocycles. The molecule has 0 spiro atoms. The number of hydrogen-bond donors (Lipinski definition) is 2. The monoisotopic (exact) mass is 399 g/mol. The molecule has 0 unspecified atom stereocenters. The molecule has 0 aromatic carbocycles. The third-order valence-electron chi connectivity index (χ3n) is 3.12. The van der Waals surface area contributed by atoms with Gasteiger partial charge in [0.25, 0.3) is 11.8 Å². The summed E-state index contributed by atoms with van der Waals surface area (Å²) >= 11 is 1.14. The SMILES string of the molecule is CON=C(C(=O)N[C@H]1CN(OCC(=O)OC(C)(C)C)C1=O)c1csc(N)n1. The van der Waals surface area contributed by atoms with Gasteiger partial charge in [-0.1, -0.05) is 5.16 Å². The third kappa shape index (κ3) is 5.62. The normalized spacial score (nSPS) is 17.3. The van der Waals surface area contributed by atoms with E-state index in [4.69, 9.17) is 15.3 Å². The van der Waals surface area contributed by atoms with Gasteiger partial charge in [0.05, 0.1) is 6.54 Å². The summed E-state index contributed by atoms with van der Waals surface area (Å²) in [4.78, 5) is 49.7. The second-order valence-corrected chi connectivity index (χ2v) is 7.37. The minimum atomic E-state index is -0.811. The summed E-state index contributed by atoms with van der Waals surface area (Å²) in [6.07, 6.45) is 0. The summed E-state index contributed by atoms with van der Waals surface area (Å²) < 4.78 is 5.08. The van der Waals surface area contributed by atoms with Gasteiger partial charge in [0.15, 0.2) is 17.5 Å². The molecule has 12 heteroatoms. The summed E-state index contributed by atoms with van der Waals surface area (Å²) in [7, 11) is 1.28. The van der Waals surface area contributed by atoms with Crippen LogP contribution in [0.3, 0.4) is 0 Å². The zero-order valence-corrected chi connectivity index (χ0v) is 16.2. The van der Waals surface area contributed by atoms with Gasteiger partial charge in [0.1, 0.15) is 24.4 Å². The number of thiazole rings is 1. The third-order valence-corrected chi connectivity index (χ3v) is 3.79. The minimum absolute atomic E-state index is 0.0762. The number of hydroxylamine groups is 2. The molecule has 0 bridgehead atoms. The molecule has 2 amide bonds. The predicted octanol–water partition coefficient (Wildman–Crippen LogP) is -0.324. The quantitative estimate of drug-likeness (QED) is 0.274. The zero-order chi connectivity index (χ0) is 20.2. The lowest BCUT2D eigenvalue weighted by Crippen LogP contribution is -2.64. The van der Waals surface area contributed by atoms with Crippen LogP contribution >= 0.6 is 11.3 Å². The number of hydrogen-bond acceptors (Lipinski definition) is 10. The molecule has 1 aromatic rings. The molecule has 1 aliphatic heterocycles. The predicted molar refractivity (Wildman–Crippen MR) is 95.5 cm³/mol. The molecule has 27 heavy (non-hydrogen) atoms. The fourth-order valence-electron chi connectivity index (χ4n) is 2.04. The molecule has 1 aliphatic rings. The molecule has 148 valence electrons. The molecule has 1 saturated heterocycles. The summed E-state index contributed by atoms with van der Waals surface area (Å²) in [5, 5.41) is 8.92. The maximum atomic E-state index is 12.3. The van der Waals surface area contributed by atoms with Crippen LogP contribution in [0, 0.1) is 0 Å². The number of oxime groups is 1. The van der Waals surface area contributed by atoms with Crippen LogP contribution in [-0.2, 0) is 28.8 Å². The average molecular weight is 399 g/mol. The Labute approximate surface area is 159 Å². The lowest BCUT2D eigenvalue weighted by molar-refractivity contribution is -0.220. The average Bonchev–Trinajstić information content (AvgIpc) is 2.99. The van der Waals surface area contributed by atoms with Crippen molar-refractivity contribution in [3.63, 3.8) is 0 Å². The first-order valence-electron chi connectivity index (χ1n) is 7.90. The summed E-state index contributed by atoms with van der Waals surface area (Å²) in [6, 6.07) is -0.811. The topological polar surface area (TPSA) is 145 Å². The first kappa shape index (κ1) is 20.6. The van der Waals surface area contributed by atoms with Gasteiger partial charge in [-0.3, -0.25) is 14.4 Å². The maximum absolute atomic E-state index is 12.3. The Kier molecular flexibility index (Phi) is 6.33. The Morgan fingerprint density at radius 2 is 2.19 bits per heavy atom. The molecule has 2 heterocycles. The number of anilines is 1. The Bertz CT molecular complexity index is 756. The lowest BCUT2D eigenvalue weighted by Gasteiger charge is -2.36. The van der Waals surface area contributed by atoms with Crippen LogP contribution in [0.1, 0.15) is 26.5 Å². The fourth-order valence-corrected chi connectivity index (χ4v) is 2.59. The fraction of sp³-hybridized carbons (Fsp3) is 0.533. The first-order valence-corrected chi connectivity index (χ1v) is 8.78. The number of ether oxygens (including phenoxy) is 1. The number of aromatic nitrogens is 1. The molecule has 11 nitrogen and oxygen atoms in total. The van der Waals surface area contributed by atoms with Crippen LogP contribution < -0.4 is 11.1 Å². The van der Waals surface area contributed by atoms with Crippen LogP contribution in [0.4, 0.5) is 5.13 Å². The van der Waals surface area contributed by atoms with Crippen molar-refractivity contribution in [2.45, 2.75) is 32.4 Å². The molecule has 2 rings (SSSR count). The van der Waals surface area contributed by atoms with Crippen molar-refractivity contribution < 1.29 is 28.8 Å². The van der Waals surface area contributed by atoms with Crippen LogP contribution in [0.15, 0.2) is 10.5 Å². The van der Waals surface area contributed by atoms with Crippen molar-refractivity contribution in [2.24, 2.45) is 5.16 Å². The molecule has 0 radical (unpaired) electrons. The second-order valence-electron chi connectivity index (χ2n) is 6.48. The van der Waals surface area contributed by atoms with E-state index in [1.807, 2.05) is 0 Å². The van der Waals surface area contributed by atoms with Crippen molar-refractivity contribution in [3.05, 3.63) is 11.1 Å². The molecule has 0 aliphatic carbocycles. The Hall–Kier alpha value is -2.73. The van der Waals surface area contributed by atoms with Crippen molar-refractivity contribution in [3.8, 4) is 0 Å². The number of carbonyl (C=O) groups excluding carboxylic acids is 3. The van der Waals surface area contributed by atoms with Gasteiger partial charge in [-0.25, -0.2) is 14.8 Å². The number of nitrogen functional groups attached to an aromatic ring is 1. The van der Waals surface area contributed by atoms with Gasteiger partial charge in [0.2, 0.25) is 0 Å². The van der Waals surface area contributed by atoms with Gasteiger partial charge in [-0.15, -0.1) is 11.3 Å². The molecular formula is C15H21N5O6S. The first-order chi connectivity index (χ1) is 12.6. The number of nitrogens with zero attached hydrogens (tertiary/aromatic N) is 3. The van der Waals surface area contributed by atoms with E-state index in [0.717, 1.165) is 16.4 Å². The highest BCUT2D eigenvalue weighted by molar-refractivity contribution is 7.13. The van der Waals surface area contributed by atoms with Crippen molar-refractivity contribution >= 4 is 40.0 Å². The smallest absolute Gasteiger partial charge is 0.335 e. The number of rotatable bonds is 7. The Morgan fingerprint density at radius 1 is 1.48 bits per heavy atom. The molecular weight excluding hydrogens is 378 g/mol. The number of β-lactam (4-membered cyclic amide) rings is 1. The number of carbonyl (C=O) groups is 3. The van der Waals surface area contributed by atoms with Crippen molar-refractivity contribution in [1.82, 2.24) is 15.4 Å². The van der Waals surface area contributed by atoms with Crippen molar-refractivity contribution in [1.29, 1.82) is 0 Å². The van der Waals surface area contributed by atoms with E-state index in [1.165, 1.54) is 7.11 Å². The van der Waals surface area contributed by atoms with E-state index in [-0.39, 0.29) is 23.1 Å². The van der Waals surface area contributed by atoms with Gasteiger partial charge in [-0.2, -0.15) is 0 Å². The van der Waals surface area contributed by atoms with E-state index in [1.54, 1.807) is 26.2 Å². The summed E-state index contributed by atoms with van der Waals surface area (Å²) in [6.45, 7) is 4.84. The molecule has 3 N–H and O–H groups in total. The van der Waals surface area contributed by atoms with Crippen LogP contribution in [0.2, 0.25) is 0 Å². The van der Waals surface area contributed by atoms with Gasteiger partial charge >= 0.3 is 5.97 Å². The van der Waals surface area contributed by atoms with E-state index < -0.39 is 36.0 Å². The van der Waals surface area contributed by atoms with E-state index in [2.05, 4.69) is 20.3 Å². The molecule has 1 atom stereocenters. The lowest BCUT2D eigenvalue weighted by atomic mass is 10.1. The minimum Gasteiger partial charge on any atom is -0.458 e.